The molecule has 0 radical (unpaired) electrons. The first-order valence-electron chi connectivity index (χ1n) is 6.82. The summed E-state index contributed by atoms with van der Waals surface area (Å²) in [6.45, 7) is 4.00. The molecule has 2 aromatic carbocycles. The van der Waals surface area contributed by atoms with Gasteiger partial charge in [-0.25, -0.2) is 9.97 Å². The number of aryl methyl sites for hydroxylation is 1. The number of hydrogen-bond acceptors (Lipinski definition) is 2. The highest BCUT2D eigenvalue weighted by molar-refractivity contribution is 6.30. The first kappa shape index (κ1) is 13.8. The van der Waals surface area contributed by atoms with E-state index in [1.54, 1.807) is 0 Å². The van der Waals surface area contributed by atoms with Crippen molar-refractivity contribution in [2.75, 3.05) is 0 Å². The Bertz CT molecular complexity index is 782. The molecule has 0 bridgehead atoms. The van der Waals surface area contributed by atoms with Crippen LogP contribution in [-0.4, -0.2) is 9.97 Å². The second-order valence-electron chi connectivity index (χ2n) is 4.99. The van der Waals surface area contributed by atoms with Gasteiger partial charge in [0.25, 0.3) is 0 Å². The monoisotopic (exact) mass is 294 g/mol. The Morgan fingerprint density at radius 1 is 0.810 bits per heavy atom. The van der Waals surface area contributed by atoms with E-state index >= 15 is 0 Å². The molecule has 3 heteroatoms. The molecular formula is C18H15ClN2. The van der Waals surface area contributed by atoms with Gasteiger partial charge in [-0.3, -0.25) is 0 Å². The van der Waals surface area contributed by atoms with Crippen LogP contribution in [0, 0.1) is 13.8 Å². The molecule has 0 spiro atoms. The number of rotatable bonds is 2. The van der Waals surface area contributed by atoms with Crippen molar-refractivity contribution in [3.05, 3.63) is 70.9 Å². The van der Waals surface area contributed by atoms with Crippen LogP contribution in [0.4, 0.5) is 0 Å². The lowest BCUT2D eigenvalue weighted by molar-refractivity contribution is 1.14. The van der Waals surface area contributed by atoms with Crippen molar-refractivity contribution in [1.82, 2.24) is 9.97 Å². The topological polar surface area (TPSA) is 25.8 Å². The van der Waals surface area contributed by atoms with Crippen LogP contribution < -0.4 is 0 Å². The number of nitrogens with zero attached hydrogens (tertiary/aromatic N) is 2. The van der Waals surface area contributed by atoms with E-state index in [1.807, 2.05) is 55.5 Å². The third-order valence-corrected chi connectivity index (χ3v) is 3.89. The molecule has 3 rings (SSSR count). The highest BCUT2D eigenvalue weighted by atomic mass is 35.5. The summed E-state index contributed by atoms with van der Waals surface area (Å²) in [6, 6.07) is 18.1. The summed E-state index contributed by atoms with van der Waals surface area (Å²) in [5, 5.41) is 0.502. The van der Waals surface area contributed by atoms with Gasteiger partial charge in [0.05, 0.1) is 5.69 Å². The van der Waals surface area contributed by atoms with Crippen molar-refractivity contribution in [3.63, 3.8) is 0 Å². The fourth-order valence-corrected chi connectivity index (χ4v) is 2.48. The lowest BCUT2D eigenvalue weighted by Gasteiger charge is -2.11. The smallest absolute Gasteiger partial charge is 0.161 e. The van der Waals surface area contributed by atoms with Gasteiger partial charge in [-0.05, 0) is 19.4 Å². The van der Waals surface area contributed by atoms with E-state index in [1.165, 1.54) is 0 Å². The molecule has 0 saturated carbocycles. The molecule has 0 fully saturated rings. The van der Waals surface area contributed by atoms with Crippen molar-refractivity contribution in [1.29, 1.82) is 0 Å². The molecule has 0 aliphatic carbocycles. The van der Waals surface area contributed by atoms with E-state index in [0.29, 0.717) is 11.0 Å². The standard InChI is InChI=1S/C18H15ClN2/c1-12-8-6-7-11-15(12)18-20-16(13(2)17(19)21-18)14-9-4-3-5-10-14/h3-11H,1-2H3. The second kappa shape index (κ2) is 5.66. The van der Waals surface area contributed by atoms with Crippen LogP contribution in [0.25, 0.3) is 22.6 Å². The molecule has 0 atom stereocenters. The fraction of sp³-hybridized carbons (Fsp3) is 0.111. The summed E-state index contributed by atoms with van der Waals surface area (Å²) in [6.07, 6.45) is 0. The van der Waals surface area contributed by atoms with Gasteiger partial charge in [-0.2, -0.15) is 0 Å². The number of aromatic nitrogens is 2. The second-order valence-corrected chi connectivity index (χ2v) is 5.35. The number of halogens is 1. The summed E-state index contributed by atoms with van der Waals surface area (Å²) in [5.41, 5.74) is 4.98. The predicted molar refractivity (Wildman–Crippen MR) is 87.4 cm³/mol. The fourth-order valence-electron chi connectivity index (χ4n) is 2.31. The summed E-state index contributed by atoms with van der Waals surface area (Å²) < 4.78 is 0. The zero-order valence-electron chi connectivity index (χ0n) is 12.0. The van der Waals surface area contributed by atoms with Gasteiger partial charge in [-0.1, -0.05) is 66.2 Å². The normalized spacial score (nSPS) is 10.6. The van der Waals surface area contributed by atoms with Crippen LogP contribution >= 0.6 is 11.6 Å². The Balaban J connectivity index is 2.22. The van der Waals surface area contributed by atoms with Gasteiger partial charge in [0.1, 0.15) is 5.15 Å². The van der Waals surface area contributed by atoms with Crippen LogP contribution in [-0.2, 0) is 0 Å². The average Bonchev–Trinajstić information content (AvgIpc) is 2.51. The molecule has 104 valence electrons. The minimum Gasteiger partial charge on any atom is -0.228 e. The average molecular weight is 295 g/mol. The minimum atomic E-state index is 0.502. The van der Waals surface area contributed by atoms with E-state index in [4.69, 9.17) is 16.6 Å². The van der Waals surface area contributed by atoms with Crippen LogP contribution in [0.5, 0.6) is 0 Å². The summed E-state index contributed by atoms with van der Waals surface area (Å²) in [7, 11) is 0. The predicted octanol–water partition coefficient (Wildman–Crippen LogP) is 5.08. The Labute approximate surface area is 129 Å². The van der Waals surface area contributed by atoms with Gasteiger partial charge in [0, 0.05) is 16.7 Å². The maximum Gasteiger partial charge on any atom is 0.161 e. The van der Waals surface area contributed by atoms with Crippen LogP contribution in [0.15, 0.2) is 54.6 Å². The van der Waals surface area contributed by atoms with Crippen molar-refractivity contribution in [3.8, 4) is 22.6 Å². The Hall–Kier alpha value is -2.19. The molecule has 1 aromatic heterocycles. The summed E-state index contributed by atoms with van der Waals surface area (Å²) in [5.74, 6) is 0.669. The lowest BCUT2D eigenvalue weighted by Crippen LogP contribution is -1.98. The zero-order chi connectivity index (χ0) is 14.8. The Morgan fingerprint density at radius 2 is 1.48 bits per heavy atom. The van der Waals surface area contributed by atoms with Gasteiger partial charge in [-0.15, -0.1) is 0 Å². The molecular weight excluding hydrogens is 280 g/mol. The molecule has 0 amide bonds. The van der Waals surface area contributed by atoms with Gasteiger partial charge in [0.2, 0.25) is 0 Å². The van der Waals surface area contributed by atoms with E-state index in [-0.39, 0.29) is 0 Å². The first-order valence-corrected chi connectivity index (χ1v) is 7.20. The third-order valence-electron chi connectivity index (χ3n) is 3.52. The van der Waals surface area contributed by atoms with Crippen LogP contribution in [0.2, 0.25) is 5.15 Å². The third kappa shape index (κ3) is 2.67. The van der Waals surface area contributed by atoms with Gasteiger partial charge in [0.15, 0.2) is 5.82 Å². The maximum absolute atomic E-state index is 6.32. The van der Waals surface area contributed by atoms with Gasteiger partial charge >= 0.3 is 0 Å². The van der Waals surface area contributed by atoms with E-state index < -0.39 is 0 Å². The number of benzene rings is 2. The largest absolute Gasteiger partial charge is 0.228 e. The SMILES string of the molecule is Cc1ccccc1-c1nc(Cl)c(C)c(-c2ccccc2)n1. The maximum atomic E-state index is 6.32. The molecule has 1 heterocycles. The summed E-state index contributed by atoms with van der Waals surface area (Å²) in [4.78, 5) is 9.18. The molecule has 21 heavy (non-hydrogen) atoms. The van der Waals surface area contributed by atoms with Crippen LogP contribution in [0.1, 0.15) is 11.1 Å². The number of hydrogen-bond donors (Lipinski definition) is 0. The van der Waals surface area contributed by atoms with Crippen molar-refractivity contribution < 1.29 is 0 Å². The lowest BCUT2D eigenvalue weighted by atomic mass is 10.1. The molecule has 0 N–H and O–H groups in total. The molecule has 0 saturated heterocycles. The Morgan fingerprint density at radius 3 is 2.19 bits per heavy atom. The highest BCUT2D eigenvalue weighted by Gasteiger charge is 2.13. The van der Waals surface area contributed by atoms with E-state index in [0.717, 1.165) is 27.9 Å². The van der Waals surface area contributed by atoms with Crippen molar-refractivity contribution in [2.45, 2.75) is 13.8 Å². The summed E-state index contributed by atoms with van der Waals surface area (Å²) >= 11 is 6.32. The molecule has 2 nitrogen and oxygen atoms in total. The molecule has 3 aromatic rings. The molecule has 0 unspecified atom stereocenters. The first-order chi connectivity index (χ1) is 10.2. The van der Waals surface area contributed by atoms with E-state index in [2.05, 4.69) is 18.0 Å². The minimum absolute atomic E-state index is 0.502. The molecule has 0 aliphatic rings. The highest BCUT2D eigenvalue weighted by Crippen LogP contribution is 2.29. The quantitative estimate of drug-likeness (QED) is 0.616. The Kier molecular flexibility index (Phi) is 3.72. The molecule has 0 aliphatic heterocycles. The van der Waals surface area contributed by atoms with Crippen molar-refractivity contribution >= 4 is 11.6 Å². The van der Waals surface area contributed by atoms with Gasteiger partial charge < -0.3 is 0 Å². The zero-order valence-corrected chi connectivity index (χ0v) is 12.7. The van der Waals surface area contributed by atoms with E-state index in [9.17, 15) is 0 Å². The van der Waals surface area contributed by atoms with Crippen molar-refractivity contribution in [2.24, 2.45) is 0 Å². The van der Waals surface area contributed by atoms with Crippen LogP contribution in [0.3, 0.4) is 0 Å².